The van der Waals surface area contributed by atoms with E-state index in [2.05, 4.69) is 20.2 Å². The molecule has 6 heteroatoms. The van der Waals surface area contributed by atoms with Gasteiger partial charge in [0.1, 0.15) is 5.82 Å². The lowest BCUT2D eigenvalue weighted by Crippen LogP contribution is -2.23. The van der Waals surface area contributed by atoms with Crippen LogP contribution in [0.3, 0.4) is 0 Å². The van der Waals surface area contributed by atoms with Crippen molar-refractivity contribution in [3.63, 3.8) is 0 Å². The second-order valence-electron chi connectivity index (χ2n) is 5.75. The molecular formula is C17H21FN4O. The number of aliphatic hydroxyl groups excluding tert-OH is 1. The van der Waals surface area contributed by atoms with Crippen molar-refractivity contribution in [1.82, 2.24) is 15.3 Å². The third-order valence-corrected chi connectivity index (χ3v) is 4.01. The van der Waals surface area contributed by atoms with Crippen molar-refractivity contribution in [3.8, 4) is 0 Å². The predicted octanol–water partition coefficient (Wildman–Crippen LogP) is 2.04. The molecule has 0 spiro atoms. The molecule has 0 unspecified atom stereocenters. The van der Waals surface area contributed by atoms with Crippen molar-refractivity contribution in [2.24, 2.45) is 0 Å². The zero-order valence-electron chi connectivity index (χ0n) is 13.0. The van der Waals surface area contributed by atoms with Crippen molar-refractivity contribution in [3.05, 3.63) is 53.6 Å². The van der Waals surface area contributed by atoms with Gasteiger partial charge in [-0.15, -0.1) is 0 Å². The summed E-state index contributed by atoms with van der Waals surface area (Å²) in [4.78, 5) is 10.9. The topological polar surface area (TPSA) is 61.3 Å². The van der Waals surface area contributed by atoms with Gasteiger partial charge in [-0.1, -0.05) is 18.2 Å². The summed E-state index contributed by atoms with van der Waals surface area (Å²) in [6.07, 6.45) is 5.11. The highest BCUT2D eigenvalue weighted by Crippen LogP contribution is 2.16. The molecule has 2 heterocycles. The van der Waals surface area contributed by atoms with Crippen molar-refractivity contribution in [2.75, 3.05) is 24.5 Å². The highest BCUT2D eigenvalue weighted by atomic mass is 19.1. The summed E-state index contributed by atoms with van der Waals surface area (Å²) in [7, 11) is 0. The molecule has 2 aromatic rings. The third-order valence-electron chi connectivity index (χ3n) is 4.01. The number of nitrogens with one attached hydrogen (secondary N) is 1. The van der Waals surface area contributed by atoms with Crippen LogP contribution < -0.4 is 10.2 Å². The zero-order chi connectivity index (χ0) is 16.1. The number of rotatable bonds is 6. The molecule has 1 aliphatic rings. The fourth-order valence-corrected chi connectivity index (χ4v) is 2.73. The van der Waals surface area contributed by atoms with Crippen LogP contribution in [0, 0.1) is 5.82 Å². The first-order valence-electron chi connectivity index (χ1n) is 7.93. The molecule has 1 aromatic heterocycles. The Labute approximate surface area is 135 Å². The maximum atomic E-state index is 13.6. The van der Waals surface area contributed by atoms with Gasteiger partial charge >= 0.3 is 0 Å². The number of hydrogen-bond acceptors (Lipinski definition) is 5. The Bertz CT molecular complexity index is 629. The summed E-state index contributed by atoms with van der Waals surface area (Å²) in [6, 6.07) is 6.27. The second-order valence-corrected chi connectivity index (χ2v) is 5.75. The molecule has 0 saturated carbocycles. The van der Waals surface area contributed by atoms with Crippen LogP contribution in [0.25, 0.3) is 0 Å². The molecule has 5 nitrogen and oxygen atoms in total. The number of nitrogens with zero attached hydrogens (tertiary/aromatic N) is 3. The van der Waals surface area contributed by atoms with Crippen LogP contribution in [0.1, 0.15) is 30.1 Å². The number of aliphatic hydroxyl groups is 1. The Morgan fingerprint density at radius 1 is 1.17 bits per heavy atom. The maximum absolute atomic E-state index is 13.6. The van der Waals surface area contributed by atoms with Gasteiger partial charge in [-0.25, -0.2) is 14.4 Å². The van der Waals surface area contributed by atoms with Crippen LogP contribution >= 0.6 is 0 Å². The van der Waals surface area contributed by atoms with Gasteiger partial charge in [0, 0.05) is 49.7 Å². The fraction of sp³-hybridized carbons (Fsp3) is 0.412. The number of anilines is 1. The normalized spacial score (nSPS) is 15.8. The van der Waals surface area contributed by atoms with E-state index >= 15 is 0 Å². The summed E-state index contributed by atoms with van der Waals surface area (Å²) < 4.78 is 13.6. The number of halogens is 1. The smallest absolute Gasteiger partial charge is 0.225 e. The van der Waals surface area contributed by atoms with Crippen LogP contribution in [-0.4, -0.2) is 34.7 Å². The van der Waals surface area contributed by atoms with Gasteiger partial charge in [0.15, 0.2) is 0 Å². The molecule has 23 heavy (non-hydrogen) atoms. The molecule has 1 saturated heterocycles. The van der Waals surface area contributed by atoms with Crippen LogP contribution in [0.5, 0.6) is 0 Å². The van der Waals surface area contributed by atoms with Crippen LogP contribution in [-0.2, 0) is 6.54 Å². The molecule has 3 rings (SSSR count). The molecule has 1 atom stereocenters. The minimum atomic E-state index is -0.874. The first kappa shape index (κ1) is 15.8. The van der Waals surface area contributed by atoms with Gasteiger partial charge in [-0.05, 0) is 18.9 Å². The highest BCUT2D eigenvalue weighted by molar-refractivity contribution is 5.31. The summed E-state index contributed by atoms with van der Waals surface area (Å²) in [6.45, 7) is 2.85. The van der Waals surface area contributed by atoms with Gasteiger partial charge < -0.3 is 15.3 Å². The first-order chi connectivity index (χ1) is 11.2. The number of benzene rings is 1. The number of hydrogen-bond donors (Lipinski definition) is 2. The third kappa shape index (κ3) is 4.03. The fourth-order valence-electron chi connectivity index (χ4n) is 2.73. The van der Waals surface area contributed by atoms with Crippen molar-refractivity contribution in [2.45, 2.75) is 25.5 Å². The molecule has 0 amide bonds. The molecular weight excluding hydrogens is 295 g/mol. The molecule has 122 valence electrons. The standard InChI is InChI=1S/C17H21FN4O/c18-15-6-2-1-5-14(15)16(23)12-19-9-13-10-20-17(21-11-13)22-7-3-4-8-22/h1-2,5-6,10-11,16,19,23H,3-4,7-9,12H2/t16-/m0/s1. The Balaban J connectivity index is 1.49. The van der Waals surface area contributed by atoms with Gasteiger partial charge in [0.2, 0.25) is 5.95 Å². The minimum absolute atomic E-state index is 0.273. The van der Waals surface area contributed by atoms with E-state index in [-0.39, 0.29) is 12.4 Å². The summed E-state index contributed by atoms with van der Waals surface area (Å²) in [5, 5.41) is 13.1. The van der Waals surface area contributed by atoms with Gasteiger partial charge in [0.25, 0.3) is 0 Å². The first-order valence-corrected chi connectivity index (χ1v) is 7.93. The van der Waals surface area contributed by atoms with E-state index in [4.69, 9.17) is 0 Å². The summed E-state index contributed by atoms with van der Waals surface area (Å²) >= 11 is 0. The van der Waals surface area contributed by atoms with Crippen molar-refractivity contribution in [1.29, 1.82) is 0 Å². The van der Waals surface area contributed by atoms with Gasteiger partial charge in [0.05, 0.1) is 6.10 Å². The summed E-state index contributed by atoms with van der Waals surface area (Å²) in [5.74, 6) is 0.387. The minimum Gasteiger partial charge on any atom is -0.387 e. The Hall–Kier alpha value is -2.05. The van der Waals surface area contributed by atoms with Gasteiger partial charge in [-0.3, -0.25) is 0 Å². The quantitative estimate of drug-likeness (QED) is 0.854. The number of aromatic nitrogens is 2. The van der Waals surface area contributed by atoms with Crippen molar-refractivity contribution < 1.29 is 9.50 Å². The Morgan fingerprint density at radius 3 is 2.57 bits per heavy atom. The van der Waals surface area contributed by atoms with Crippen molar-refractivity contribution >= 4 is 5.95 Å². The Kier molecular flexibility index (Phi) is 5.15. The molecule has 1 fully saturated rings. The maximum Gasteiger partial charge on any atom is 0.225 e. The van der Waals surface area contributed by atoms with Crippen LogP contribution in [0.2, 0.25) is 0 Å². The lowest BCUT2D eigenvalue weighted by Gasteiger charge is -2.15. The lowest BCUT2D eigenvalue weighted by atomic mass is 10.1. The zero-order valence-corrected chi connectivity index (χ0v) is 13.0. The summed E-state index contributed by atoms with van der Waals surface area (Å²) in [5.41, 5.74) is 1.24. The molecule has 2 N–H and O–H groups in total. The van der Waals surface area contributed by atoms with E-state index < -0.39 is 6.10 Å². The van der Waals surface area contributed by atoms with E-state index in [9.17, 15) is 9.50 Å². The van der Waals surface area contributed by atoms with E-state index in [1.807, 2.05) is 0 Å². The van der Waals surface area contributed by atoms with Crippen LogP contribution in [0.15, 0.2) is 36.7 Å². The van der Waals surface area contributed by atoms with E-state index in [0.717, 1.165) is 24.6 Å². The monoisotopic (exact) mass is 316 g/mol. The average Bonchev–Trinajstić information content (AvgIpc) is 3.10. The van der Waals surface area contributed by atoms with Crippen LogP contribution in [0.4, 0.5) is 10.3 Å². The Morgan fingerprint density at radius 2 is 1.87 bits per heavy atom. The molecule has 0 aliphatic carbocycles. The molecule has 1 aliphatic heterocycles. The average molecular weight is 316 g/mol. The SMILES string of the molecule is O[C@@H](CNCc1cnc(N2CCCC2)nc1)c1ccccc1F. The van der Waals surface area contributed by atoms with E-state index in [0.29, 0.717) is 12.1 Å². The van der Waals surface area contributed by atoms with Gasteiger partial charge in [-0.2, -0.15) is 0 Å². The highest BCUT2D eigenvalue weighted by Gasteiger charge is 2.14. The predicted molar refractivity (Wildman–Crippen MR) is 86.5 cm³/mol. The van der Waals surface area contributed by atoms with E-state index in [1.165, 1.54) is 18.9 Å². The van der Waals surface area contributed by atoms with E-state index in [1.54, 1.807) is 30.6 Å². The molecule has 0 radical (unpaired) electrons. The molecule has 1 aromatic carbocycles. The second kappa shape index (κ2) is 7.48. The largest absolute Gasteiger partial charge is 0.387 e. The molecule has 0 bridgehead atoms. The lowest BCUT2D eigenvalue weighted by molar-refractivity contribution is 0.169.